The topological polar surface area (TPSA) is 68.5 Å². The van der Waals surface area contributed by atoms with Gasteiger partial charge in [0.1, 0.15) is 11.4 Å². The summed E-state index contributed by atoms with van der Waals surface area (Å²) in [6.07, 6.45) is 1.53. The third-order valence-corrected chi connectivity index (χ3v) is 3.18. The van der Waals surface area contributed by atoms with Gasteiger partial charge in [-0.15, -0.1) is 0 Å². The Morgan fingerprint density at radius 1 is 1.38 bits per heavy atom. The molecule has 0 bridgehead atoms. The first-order valence-corrected chi connectivity index (χ1v) is 6.76. The normalized spacial score (nSPS) is 10.2. The monoisotopic (exact) mass is 285 g/mol. The number of pyridine rings is 1. The van der Waals surface area contributed by atoms with Gasteiger partial charge in [0.2, 0.25) is 0 Å². The Balaban J connectivity index is 2.48. The second-order valence-corrected chi connectivity index (χ2v) is 4.71. The lowest BCUT2D eigenvalue weighted by molar-refractivity contribution is 0.0527. The fraction of sp³-hybridized carbons (Fsp3) is 0.250. The maximum absolute atomic E-state index is 12.1. The largest absolute Gasteiger partial charge is 0.462 e. The molecule has 0 unspecified atom stereocenters. The predicted molar refractivity (Wildman–Crippen MR) is 83.8 cm³/mol. The molecule has 0 amide bonds. The SMILES string of the molecule is CCOC(=O)c1cc(N)cnc1N(C)c1ccccc1C. The quantitative estimate of drug-likeness (QED) is 0.875. The number of para-hydroxylation sites is 1. The Bertz CT molecular complexity index is 656. The Labute approximate surface area is 124 Å². The van der Waals surface area contributed by atoms with E-state index in [0.717, 1.165) is 11.3 Å². The van der Waals surface area contributed by atoms with E-state index in [-0.39, 0.29) is 0 Å². The van der Waals surface area contributed by atoms with Gasteiger partial charge in [0.15, 0.2) is 0 Å². The minimum absolute atomic E-state index is 0.307. The van der Waals surface area contributed by atoms with Crippen molar-refractivity contribution < 1.29 is 9.53 Å². The number of carbonyl (C=O) groups is 1. The molecular weight excluding hydrogens is 266 g/mol. The number of esters is 1. The van der Waals surface area contributed by atoms with Crippen molar-refractivity contribution in [3.63, 3.8) is 0 Å². The minimum atomic E-state index is -0.423. The third kappa shape index (κ3) is 3.13. The van der Waals surface area contributed by atoms with E-state index in [1.54, 1.807) is 13.0 Å². The molecule has 5 heteroatoms. The van der Waals surface area contributed by atoms with Crippen LogP contribution >= 0.6 is 0 Å². The number of aromatic nitrogens is 1. The Kier molecular flexibility index (Phi) is 4.42. The number of nitrogens with zero attached hydrogens (tertiary/aromatic N) is 2. The molecule has 0 spiro atoms. The molecule has 1 aromatic carbocycles. The lowest BCUT2D eigenvalue weighted by Gasteiger charge is -2.22. The molecule has 1 heterocycles. The van der Waals surface area contributed by atoms with Crippen LogP contribution in [0.4, 0.5) is 17.2 Å². The van der Waals surface area contributed by atoms with Gasteiger partial charge in [-0.1, -0.05) is 18.2 Å². The summed E-state index contributed by atoms with van der Waals surface area (Å²) < 4.78 is 5.08. The fourth-order valence-electron chi connectivity index (χ4n) is 2.15. The van der Waals surface area contributed by atoms with Crippen LogP contribution in [0.15, 0.2) is 36.5 Å². The number of benzene rings is 1. The second-order valence-electron chi connectivity index (χ2n) is 4.71. The summed E-state index contributed by atoms with van der Waals surface area (Å²) in [5.74, 6) is 0.102. The maximum Gasteiger partial charge on any atom is 0.341 e. The molecule has 2 N–H and O–H groups in total. The summed E-state index contributed by atoms with van der Waals surface area (Å²) in [5, 5.41) is 0. The molecule has 21 heavy (non-hydrogen) atoms. The molecule has 2 aromatic rings. The summed E-state index contributed by atoms with van der Waals surface area (Å²) in [6.45, 7) is 4.08. The summed E-state index contributed by atoms with van der Waals surface area (Å²) >= 11 is 0. The maximum atomic E-state index is 12.1. The first kappa shape index (κ1) is 14.8. The highest BCUT2D eigenvalue weighted by molar-refractivity contribution is 5.96. The average Bonchev–Trinajstić information content (AvgIpc) is 2.47. The van der Waals surface area contributed by atoms with Gasteiger partial charge >= 0.3 is 5.97 Å². The summed E-state index contributed by atoms with van der Waals surface area (Å²) in [5.41, 5.74) is 8.60. The summed E-state index contributed by atoms with van der Waals surface area (Å²) in [7, 11) is 1.86. The average molecular weight is 285 g/mol. The van der Waals surface area contributed by atoms with Crippen LogP contribution in [0, 0.1) is 6.92 Å². The number of carbonyl (C=O) groups excluding carboxylic acids is 1. The van der Waals surface area contributed by atoms with E-state index in [1.807, 2.05) is 43.1 Å². The van der Waals surface area contributed by atoms with Crippen LogP contribution in [0.2, 0.25) is 0 Å². The van der Waals surface area contributed by atoms with Gasteiger partial charge in [-0.05, 0) is 31.5 Å². The van der Waals surface area contributed by atoms with Gasteiger partial charge in [0, 0.05) is 12.7 Å². The van der Waals surface area contributed by atoms with Crippen molar-refractivity contribution in [3.05, 3.63) is 47.7 Å². The number of nitrogen functional groups attached to an aromatic ring is 1. The molecule has 0 saturated carbocycles. The minimum Gasteiger partial charge on any atom is -0.462 e. The number of anilines is 3. The molecule has 1 aromatic heterocycles. The van der Waals surface area contributed by atoms with Gasteiger partial charge in [-0.3, -0.25) is 0 Å². The van der Waals surface area contributed by atoms with Gasteiger partial charge in [0.25, 0.3) is 0 Å². The van der Waals surface area contributed by atoms with Crippen molar-refractivity contribution in [2.24, 2.45) is 0 Å². The lowest BCUT2D eigenvalue weighted by atomic mass is 10.1. The zero-order chi connectivity index (χ0) is 15.4. The number of nitrogens with two attached hydrogens (primary N) is 1. The number of hydrogen-bond acceptors (Lipinski definition) is 5. The van der Waals surface area contributed by atoms with E-state index < -0.39 is 5.97 Å². The first-order valence-electron chi connectivity index (χ1n) is 6.76. The molecule has 5 nitrogen and oxygen atoms in total. The van der Waals surface area contributed by atoms with Crippen molar-refractivity contribution in [1.29, 1.82) is 0 Å². The highest BCUT2D eigenvalue weighted by atomic mass is 16.5. The molecule has 0 atom stereocenters. The molecule has 0 aliphatic heterocycles. The van der Waals surface area contributed by atoms with Crippen LogP contribution in [-0.2, 0) is 4.74 Å². The zero-order valence-corrected chi connectivity index (χ0v) is 12.5. The summed E-state index contributed by atoms with van der Waals surface area (Å²) in [6, 6.07) is 9.49. The van der Waals surface area contributed by atoms with E-state index in [0.29, 0.717) is 23.7 Å². The number of aryl methyl sites for hydroxylation is 1. The molecular formula is C16H19N3O2. The number of hydrogen-bond donors (Lipinski definition) is 1. The van der Waals surface area contributed by atoms with Gasteiger partial charge < -0.3 is 15.4 Å². The van der Waals surface area contributed by atoms with Gasteiger partial charge in [0.05, 0.1) is 18.5 Å². The molecule has 0 aliphatic rings. The van der Waals surface area contributed by atoms with Gasteiger partial charge in [-0.25, -0.2) is 9.78 Å². The predicted octanol–water partition coefficient (Wildman–Crippen LogP) is 2.92. The molecule has 0 aliphatic carbocycles. The first-order chi connectivity index (χ1) is 10.0. The molecule has 110 valence electrons. The standard InChI is InChI=1S/C16H19N3O2/c1-4-21-16(20)13-9-12(17)10-18-15(13)19(3)14-8-6-5-7-11(14)2/h5-10H,4,17H2,1-3H3. The second kappa shape index (κ2) is 6.26. The summed E-state index contributed by atoms with van der Waals surface area (Å²) in [4.78, 5) is 18.3. The lowest BCUT2D eigenvalue weighted by Crippen LogP contribution is -2.18. The fourth-order valence-corrected chi connectivity index (χ4v) is 2.15. The highest BCUT2D eigenvalue weighted by Crippen LogP contribution is 2.28. The Morgan fingerprint density at radius 3 is 2.76 bits per heavy atom. The number of rotatable bonds is 4. The van der Waals surface area contributed by atoms with Crippen LogP contribution in [-0.4, -0.2) is 24.6 Å². The Morgan fingerprint density at radius 2 is 2.10 bits per heavy atom. The molecule has 0 fully saturated rings. The van der Waals surface area contributed by atoms with Crippen LogP contribution in [0.25, 0.3) is 0 Å². The molecule has 2 rings (SSSR count). The van der Waals surface area contributed by atoms with Crippen molar-refractivity contribution >= 4 is 23.2 Å². The zero-order valence-electron chi connectivity index (χ0n) is 12.5. The van der Waals surface area contributed by atoms with Crippen molar-refractivity contribution in [1.82, 2.24) is 4.98 Å². The van der Waals surface area contributed by atoms with Crippen molar-refractivity contribution in [2.75, 3.05) is 24.3 Å². The van der Waals surface area contributed by atoms with Crippen LogP contribution in [0.3, 0.4) is 0 Å². The number of ether oxygens (including phenoxy) is 1. The van der Waals surface area contributed by atoms with E-state index in [2.05, 4.69) is 4.98 Å². The molecule has 0 saturated heterocycles. The Hall–Kier alpha value is -2.56. The van der Waals surface area contributed by atoms with Crippen LogP contribution in [0.5, 0.6) is 0 Å². The van der Waals surface area contributed by atoms with Crippen molar-refractivity contribution in [3.8, 4) is 0 Å². The highest BCUT2D eigenvalue weighted by Gasteiger charge is 2.19. The van der Waals surface area contributed by atoms with Crippen LogP contribution in [0.1, 0.15) is 22.8 Å². The van der Waals surface area contributed by atoms with Gasteiger partial charge in [-0.2, -0.15) is 0 Å². The van der Waals surface area contributed by atoms with E-state index in [4.69, 9.17) is 10.5 Å². The molecule has 0 radical (unpaired) electrons. The van der Waals surface area contributed by atoms with Crippen LogP contribution < -0.4 is 10.6 Å². The van der Waals surface area contributed by atoms with Crippen molar-refractivity contribution in [2.45, 2.75) is 13.8 Å². The third-order valence-electron chi connectivity index (χ3n) is 3.18. The van der Waals surface area contributed by atoms with E-state index in [1.165, 1.54) is 6.20 Å². The van der Waals surface area contributed by atoms with E-state index >= 15 is 0 Å². The van der Waals surface area contributed by atoms with E-state index in [9.17, 15) is 4.79 Å². The smallest absolute Gasteiger partial charge is 0.341 e.